The van der Waals surface area contributed by atoms with Crippen molar-refractivity contribution >= 4 is 5.97 Å². The maximum absolute atomic E-state index is 11.2. The van der Waals surface area contributed by atoms with E-state index in [4.69, 9.17) is 6.54 Å². The molecule has 0 bridgehead atoms. The van der Waals surface area contributed by atoms with Crippen molar-refractivity contribution < 1.29 is 14.6 Å². The second-order valence-electron chi connectivity index (χ2n) is 6.47. The number of methoxy groups -OCH3 is 1. The van der Waals surface area contributed by atoms with Crippen LogP contribution in [0.5, 0.6) is 0 Å². The SMILES string of the molecule is [3H]O[C@H]1CCC[C@@]2(C)C1CC[C@@H]2[C@H](C)/C=C/C(=O)OC. The van der Waals surface area contributed by atoms with Gasteiger partial charge in [0.25, 0.3) is 0 Å². The molecule has 0 aromatic heterocycles. The Morgan fingerprint density at radius 3 is 3.00 bits per heavy atom. The third kappa shape index (κ3) is 2.71. The van der Waals surface area contributed by atoms with Crippen molar-refractivity contribution in [3.63, 3.8) is 0 Å². The standard InChI is InChI=1S/C16H26O3/c1-11(6-9-15(18)19-3)12-7-8-13-14(17)5-4-10-16(12,13)2/h6,9,11-14,17H,4-5,7-8,10H2,1-3H3/b9-6+/t11-,12-,13?,14+,16-/m1/s1/i17T. The predicted molar refractivity (Wildman–Crippen MR) is 74.5 cm³/mol. The number of hydrogen-bond acceptors (Lipinski definition) is 3. The molecule has 2 aliphatic carbocycles. The molecule has 0 aromatic rings. The summed E-state index contributed by atoms with van der Waals surface area (Å²) in [5.74, 6) is 1.13. The summed E-state index contributed by atoms with van der Waals surface area (Å²) in [6, 6.07) is 0. The van der Waals surface area contributed by atoms with Gasteiger partial charge in [-0.05, 0) is 48.9 Å². The fourth-order valence-corrected chi connectivity index (χ4v) is 4.46. The Balaban J connectivity index is 2.10. The first kappa shape index (κ1) is 13.2. The Morgan fingerprint density at radius 2 is 2.32 bits per heavy atom. The van der Waals surface area contributed by atoms with Crippen LogP contribution in [-0.2, 0) is 9.53 Å². The lowest BCUT2D eigenvalue weighted by molar-refractivity contribution is -0.134. The van der Waals surface area contributed by atoms with Gasteiger partial charge in [-0.25, -0.2) is 4.79 Å². The second-order valence-corrected chi connectivity index (χ2v) is 6.47. The van der Waals surface area contributed by atoms with Crippen LogP contribution in [0.15, 0.2) is 12.2 Å². The van der Waals surface area contributed by atoms with Crippen molar-refractivity contribution in [2.45, 2.75) is 52.1 Å². The Hall–Kier alpha value is -0.830. The molecule has 0 aliphatic heterocycles. The molecule has 3 nitrogen and oxygen atoms in total. The number of carbonyl (C=O) groups is 1. The van der Waals surface area contributed by atoms with Crippen molar-refractivity contribution in [2.24, 2.45) is 23.2 Å². The van der Waals surface area contributed by atoms with E-state index in [-0.39, 0.29) is 17.5 Å². The number of ether oxygens (including phenoxy) is 1. The molecule has 2 rings (SSSR count). The second kappa shape index (κ2) is 5.66. The number of fused-ring (bicyclic) bond motifs is 1. The minimum absolute atomic E-state index is 0.0931. The average Bonchev–Trinajstić information content (AvgIpc) is 2.81. The fraction of sp³-hybridized carbons (Fsp3) is 0.812. The van der Waals surface area contributed by atoms with Gasteiger partial charge in [0.05, 0.1) is 13.2 Å². The van der Waals surface area contributed by atoms with Crippen molar-refractivity contribution in [2.75, 3.05) is 7.11 Å². The van der Waals surface area contributed by atoms with Crippen LogP contribution in [0.2, 0.25) is 0 Å². The van der Waals surface area contributed by atoms with Crippen molar-refractivity contribution in [1.29, 1.82) is 1.43 Å². The van der Waals surface area contributed by atoms with E-state index in [0.717, 1.165) is 25.7 Å². The van der Waals surface area contributed by atoms with Gasteiger partial charge in [0.2, 0.25) is 1.43 Å². The first-order valence-electron chi connectivity index (χ1n) is 7.82. The van der Waals surface area contributed by atoms with E-state index in [1.54, 1.807) is 6.08 Å². The highest BCUT2D eigenvalue weighted by Gasteiger charge is 2.51. The number of aliphatic hydroxyl groups is 1. The highest BCUT2D eigenvalue weighted by molar-refractivity contribution is 5.81. The van der Waals surface area contributed by atoms with Gasteiger partial charge in [-0.2, -0.15) is 0 Å². The van der Waals surface area contributed by atoms with Crippen molar-refractivity contribution in [1.82, 2.24) is 0 Å². The number of aliphatic hydroxyl groups excluding tert-OH is 1. The van der Waals surface area contributed by atoms with Gasteiger partial charge in [-0.15, -0.1) is 0 Å². The molecule has 3 heteroatoms. The van der Waals surface area contributed by atoms with Crippen LogP contribution >= 0.6 is 0 Å². The third-order valence-corrected chi connectivity index (χ3v) is 5.51. The minimum Gasteiger partial charge on any atom is -0.466 e. The first-order valence-corrected chi connectivity index (χ1v) is 7.41. The molecule has 0 saturated heterocycles. The first-order chi connectivity index (χ1) is 9.52. The molecule has 0 radical (unpaired) electrons. The molecule has 1 unspecified atom stereocenters. The summed E-state index contributed by atoms with van der Waals surface area (Å²) in [6.07, 6.45) is 9.28. The monoisotopic (exact) mass is 268 g/mol. The van der Waals surface area contributed by atoms with Crippen LogP contribution in [0.3, 0.4) is 0 Å². The Bertz CT molecular complexity index is 382. The fourth-order valence-electron chi connectivity index (χ4n) is 4.46. The van der Waals surface area contributed by atoms with E-state index in [1.807, 2.05) is 6.08 Å². The highest BCUT2D eigenvalue weighted by Crippen LogP contribution is 2.57. The van der Waals surface area contributed by atoms with Crippen molar-refractivity contribution in [3.8, 4) is 0 Å². The van der Waals surface area contributed by atoms with E-state index in [9.17, 15) is 4.79 Å². The predicted octanol–water partition coefficient (Wildman–Crippen LogP) is 2.93. The molecule has 2 aliphatic rings. The molecule has 2 saturated carbocycles. The Labute approximate surface area is 117 Å². The van der Waals surface area contributed by atoms with Gasteiger partial charge < -0.3 is 9.85 Å². The molecule has 1 N–H and O–H groups in total. The Kier molecular flexibility index (Phi) is 3.92. The van der Waals surface area contributed by atoms with Crippen LogP contribution in [0, 0.1) is 23.2 Å². The summed E-state index contributed by atoms with van der Waals surface area (Å²) >= 11 is 0. The number of allylic oxidation sites excluding steroid dienone is 1. The number of esters is 1. The van der Waals surface area contributed by atoms with Gasteiger partial charge in [0.15, 0.2) is 0 Å². The average molecular weight is 268 g/mol. The zero-order chi connectivity index (χ0) is 14.8. The zero-order valence-electron chi connectivity index (χ0n) is 13.2. The van der Waals surface area contributed by atoms with Gasteiger partial charge in [0, 0.05) is 6.08 Å². The smallest absolute Gasteiger partial charge is 0.330 e. The lowest BCUT2D eigenvalue weighted by atomic mass is 9.62. The molecule has 5 atom stereocenters. The molecule has 0 amide bonds. The summed E-state index contributed by atoms with van der Waals surface area (Å²) in [5.41, 5.74) is 0.240. The van der Waals surface area contributed by atoms with Gasteiger partial charge in [-0.3, -0.25) is 0 Å². The summed E-state index contributed by atoms with van der Waals surface area (Å²) in [5, 5.41) is 4.97. The van der Waals surface area contributed by atoms with Crippen LogP contribution < -0.4 is 0 Å². The van der Waals surface area contributed by atoms with Crippen molar-refractivity contribution in [3.05, 3.63) is 12.2 Å². The maximum atomic E-state index is 11.2. The lowest BCUT2D eigenvalue weighted by Gasteiger charge is -2.44. The van der Waals surface area contributed by atoms with E-state index < -0.39 is 0 Å². The maximum Gasteiger partial charge on any atom is 0.330 e. The molecular formula is C16H26O3. The highest BCUT2D eigenvalue weighted by atomic mass is 16.5. The number of hydrogen-bond donors (Lipinski definition) is 1. The lowest BCUT2D eigenvalue weighted by Crippen LogP contribution is -2.41. The largest absolute Gasteiger partial charge is 0.466 e. The van der Waals surface area contributed by atoms with Crippen LogP contribution in [0.1, 0.15) is 46.0 Å². The molecular weight excluding hydrogens is 240 g/mol. The number of carbonyl (C=O) groups excluding carboxylic acids is 1. The summed E-state index contributed by atoms with van der Waals surface area (Å²) in [7, 11) is 1.40. The topological polar surface area (TPSA) is 46.5 Å². The normalized spacial score (nSPS) is 40.8. The molecule has 2 fully saturated rings. The molecule has 0 spiro atoms. The zero-order valence-corrected chi connectivity index (χ0v) is 12.2. The third-order valence-electron chi connectivity index (χ3n) is 5.51. The molecule has 19 heavy (non-hydrogen) atoms. The van der Waals surface area contributed by atoms with E-state index in [0.29, 0.717) is 17.8 Å². The van der Waals surface area contributed by atoms with Gasteiger partial charge in [-0.1, -0.05) is 26.3 Å². The number of rotatable bonds is 4. The van der Waals surface area contributed by atoms with Crippen LogP contribution in [-0.4, -0.2) is 25.7 Å². The molecule has 0 heterocycles. The quantitative estimate of drug-likeness (QED) is 0.630. The van der Waals surface area contributed by atoms with Gasteiger partial charge in [0.1, 0.15) is 0 Å². The Morgan fingerprint density at radius 1 is 1.53 bits per heavy atom. The summed E-state index contributed by atoms with van der Waals surface area (Å²) < 4.78 is 12.0. The van der Waals surface area contributed by atoms with E-state index in [1.165, 1.54) is 13.5 Å². The van der Waals surface area contributed by atoms with Crippen LogP contribution in [0.4, 0.5) is 0 Å². The molecule has 0 aromatic carbocycles. The molecule has 108 valence electrons. The summed E-state index contributed by atoms with van der Waals surface area (Å²) in [6.45, 7) is 4.53. The van der Waals surface area contributed by atoms with Gasteiger partial charge >= 0.3 is 5.97 Å². The van der Waals surface area contributed by atoms with E-state index in [2.05, 4.69) is 18.6 Å². The minimum atomic E-state index is -0.285. The summed E-state index contributed by atoms with van der Waals surface area (Å²) in [4.78, 5) is 11.2. The van der Waals surface area contributed by atoms with Crippen LogP contribution in [0.25, 0.3) is 0 Å². The van der Waals surface area contributed by atoms with E-state index >= 15 is 0 Å².